The van der Waals surface area contributed by atoms with Gasteiger partial charge in [-0.15, -0.1) is 11.6 Å². The van der Waals surface area contributed by atoms with Crippen LogP contribution >= 0.6 is 11.6 Å². The van der Waals surface area contributed by atoms with Gasteiger partial charge in [0.2, 0.25) is 0 Å². The normalized spacial score (nSPS) is 17.5. The molecule has 0 saturated heterocycles. The number of carbonyl (C=O) groups is 1. The van der Waals surface area contributed by atoms with Crippen LogP contribution in [0.4, 0.5) is 0 Å². The molecule has 1 aliphatic carbocycles. The van der Waals surface area contributed by atoms with Crippen LogP contribution in [0.3, 0.4) is 0 Å². The molecule has 130 valence electrons. The molecule has 1 aliphatic rings. The van der Waals surface area contributed by atoms with Gasteiger partial charge < -0.3 is 5.11 Å². The molecule has 1 rings (SSSR count). The minimum absolute atomic E-state index is 0.147. The Hall–Kier alpha value is -0.240. The van der Waals surface area contributed by atoms with Crippen molar-refractivity contribution in [3.05, 3.63) is 0 Å². The molecule has 0 aromatic heterocycles. The maximum absolute atomic E-state index is 10.4. The number of carboxylic acids is 1. The van der Waals surface area contributed by atoms with E-state index in [4.69, 9.17) is 16.7 Å². The van der Waals surface area contributed by atoms with Gasteiger partial charge in [0.25, 0.3) is 0 Å². The standard InChI is InChI=1S/C19H35ClO2/c20-19(16-12-9-13-17-19)15-11-8-6-4-2-1-3-5-7-10-14-18(21)22/h1-17H2,(H,21,22). The predicted octanol–water partition coefficient (Wildman–Crippen LogP) is 6.69. The van der Waals surface area contributed by atoms with Crippen molar-refractivity contribution in [2.45, 2.75) is 114 Å². The summed E-state index contributed by atoms with van der Waals surface area (Å²) in [5, 5.41) is 8.55. The van der Waals surface area contributed by atoms with Crippen molar-refractivity contribution in [2.24, 2.45) is 0 Å². The van der Waals surface area contributed by atoms with Crippen molar-refractivity contribution >= 4 is 17.6 Å². The lowest BCUT2D eigenvalue weighted by Gasteiger charge is -2.31. The Bertz CT molecular complexity index is 285. The molecule has 1 saturated carbocycles. The second-order valence-corrected chi connectivity index (χ2v) is 7.94. The molecule has 3 heteroatoms. The van der Waals surface area contributed by atoms with Gasteiger partial charge in [-0.05, 0) is 25.7 Å². The largest absolute Gasteiger partial charge is 0.481 e. The maximum Gasteiger partial charge on any atom is 0.303 e. The number of aliphatic carboxylic acids is 1. The van der Waals surface area contributed by atoms with Crippen LogP contribution in [0.1, 0.15) is 109 Å². The van der Waals surface area contributed by atoms with Crippen LogP contribution in [0.2, 0.25) is 0 Å². The average Bonchev–Trinajstić information content (AvgIpc) is 2.49. The molecule has 0 atom stereocenters. The summed E-state index contributed by atoms with van der Waals surface area (Å²) in [4.78, 5) is 10.5. The highest BCUT2D eigenvalue weighted by molar-refractivity contribution is 6.23. The first-order valence-corrected chi connectivity index (χ1v) is 9.91. The molecular weight excluding hydrogens is 296 g/mol. The molecule has 0 aromatic rings. The molecule has 0 unspecified atom stereocenters. The van der Waals surface area contributed by atoms with Gasteiger partial charge in [0.15, 0.2) is 0 Å². The van der Waals surface area contributed by atoms with E-state index < -0.39 is 5.97 Å². The predicted molar refractivity (Wildman–Crippen MR) is 94.7 cm³/mol. The Balaban J connectivity index is 1.79. The Morgan fingerprint density at radius 3 is 1.73 bits per heavy atom. The first kappa shape index (κ1) is 19.8. The van der Waals surface area contributed by atoms with Crippen molar-refractivity contribution in [1.29, 1.82) is 0 Å². The molecule has 0 radical (unpaired) electrons. The number of rotatable bonds is 13. The highest BCUT2D eigenvalue weighted by Crippen LogP contribution is 2.38. The molecule has 0 aromatic carbocycles. The van der Waals surface area contributed by atoms with Gasteiger partial charge >= 0.3 is 5.97 Å². The van der Waals surface area contributed by atoms with Gasteiger partial charge in [-0.1, -0.05) is 77.0 Å². The highest BCUT2D eigenvalue weighted by atomic mass is 35.5. The van der Waals surface area contributed by atoms with Crippen LogP contribution in [-0.4, -0.2) is 16.0 Å². The smallest absolute Gasteiger partial charge is 0.303 e. The zero-order valence-corrected chi connectivity index (χ0v) is 15.0. The van der Waals surface area contributed by atoms with E-state index in [0.29, 0.717) is 6.42 Å². The topological polar surface area (TPSA) is 37.3 Å². The summed E-state index contributed by atoms with van der Waals surface area (Å²) in [5.41, 5.74) is 0. The summed E-state index contributed by atoms with van der Waals surface area (Å²) in [5.74, 6) is -0.660. The maximum atomic E-state index is 10.4. The molecule has 0 bridgehead atoms. The Kier molecular flexibility index (Phi) is 11.0. The van der Waals surface area contributed by atoms with E-state index in [9.17, 15) is 4.79 Å². The molecular formula is C19H35ClO2. The lowest BCUT2D eigenvalue weighted by molar-refractivity contribution is -0.137. The molecule has 1 N–H and O–H groups in total. The lowest BCUT2D eigenvalue weighted by atomic mass is 9.84. The number of unbranched alkanes of at least 4 members (excludes halogenated alkanes) is 9. The molecule has 22 heavy (non-hydrogen) atoms. The zero-order chi connectivity index (χ0) is 16.1. The Morgan fingerprint density at radius 2 is 1.23 bits per heavy atom. The molecule has 1 fully saturated rings. The second-order valence-electron chi connectivity index (χ2n) is 7.14. The number of carboxylic acid groups (broad SMARTS) is 1. The molecule has 0 spiro atoms. The van der Waals surface area contributed by atoms with Crippen molar-refractivity contribution in [3.8, 4) is 0 Å². The third-order valence-electron chi connectivity index (χ3n) is 5.02. The van der Waals surface area contributed by atoms with Crippen LogP contribution in [0.15, 0.2) is 0 Å². The molecule has 0 aliphatic heterocycles. The SMILES string of the molecule is O=C(O)CCCCCCCCCCCCC1(Cl)CCCCC1. The van der Waals surface area contributed by atoms with Gasteiger partial charge in [-0.25, -0.2) is 0 Å². The first-order valence-electron chi connectivity index (χ1n) is 9.53. The number of alkyl halides is 1. The Morgan fingerprint density at radius 1 is 0.773 bits per heavy atom. The molecule has 0 heterocycles. The summed E-state index contributed by atoms with van der Waals surface area (Å²) in [7, 11) is 0. The third-order valence-corrected chi connectivity index (χ3v) is 5.58. The minimum atomic E-state index is -0.660. The van der Waals surface area contributed by atoms with Gasteiger partial charge in [0, 0.05) is 11.3 Å². The van der Waals surface area contributed by atoms with E-state index in [-0.39, 0.29) is 4.87 Å². The van der Waals surface area contributed by atoms with Crippen LogP contribution in [-0.2, 0) is 4.79 Å². The summed E-state index contributed by atoms with van der Waals surface area (Å²) >= 11 is 6.68. The van der Waals surface area contributed by atoms with E-state index in [1.807, 2.05) is 0 Å². The van der Waals surface area contributed by atoms with Crippen molar-refractivity contribution in [2.75, 3.05) is 0 Å². The summed E-state index contributed by atoms with van der Waals surface area (Å²) in [6, 6.07) is 0. The van der Waals surface area contributed by atoms with E-state index in [1.165, 1.54) is 89.9 Å². The van der Waals surface area contributed by atoms with Crippen molar-refractivity contribution in [1.82, 2.24) is 0 Å². The third kappa shape index (κ3) is 10.5. The fourth-order valence-electron chi connectivity index (χ4n) is 3.57. The summed E-state index contributed by atoms with van der Waals surface area (Å²) < 4.78 is 0. The minimum Gasteiger partial charge on any atom is -0.481 e. The van der Waals surface area contributed by atoms with Crippen molar-refractivity contribution in [3.63, 3.8) is 0 Å². The lowest BCUT2D eigenvalue weighted by Crippen LogP contribution is -2.24. The van der Waals surface area contributed by atoms with Gasteiger partial charge in [0.05, 0.1) is 0 Å². The fraction of sp³-hybridized carbons (Fsp3) is 0.947. The average molecular weight is 331 g/mol. The van der Waals surface area contributed by atoms with Crippen molar-refractivity contribution < 1.29 is 9.90 Å². The van der Waals surface area contributed by atoms with Crippen LogP contribution in [0.25, 0.3) is 0 Å². The monoisotopic (exact) mass is 330 g/mol. The first-order chi connectivity index (χ1) is 10.6. The van der Waals surface area contributed by atoms with E-state index >= 15 is 0 Å². The molecule has 2 nitrogen and oxygen atoms in total. The van der Waals surface area contributed by atoms with Crippen LogP contribution in [0, 0.1) is 0 Å². The summed E-state index contributed by atoms with van der Waals surface area (Å²) in [6.45, 7) is 0. The highest BCUT2D eigenvalue weighted by Gasteiger charge is 2.28. The van der Waals surface area contributed by atoms with E-state index in [0.717, 1.165) is 12.8 Å². The number of hydrogen-bond donors (Lipinski definition) is 1. The van der Waals surface area contributed by atoms with Gasteiger partial charge in [-0.3, -0.25) is 4.79 Å². The van der Waals surface area contributed by atoms with E-state index in [1.54, 1.807) is 0 Å². The van der Waals surface area contributed by atoms with E-state index in [2.05, 4.69) is 0 Å². The zero-order valence-electron chi connectivity index (χ0n) is 14.3. The van der Waals surface area contributed by atoms with Gasteiger partial charge in [0.1, 0.15) is 0 Å². The Labute approximate surface area is 142 Å². The number of halogens is 1. The molecule has 0 amide bonds. The fourth-order valence-corrected chi connectivity index (χ4v) is 3.97. The van der Waals surface area contributed by atoms with Gasteiger partial charge in [-0.2, -0.15) is 0 Å². The van der Waals surface area contributed by atoms with Crippen LogP contribution in [0.5, 0.6) is 0 Å². The van der Waals surface area contributed by atoms with Crippen LogP contribution < -0.4 is 0 Å². The quantitative estimate of drug-likeness (QED) is 0.301. The number of hydrogen-bond acceptors (Lipinski definition) is 1. The summed E-state index contributed by atoms with van der Waals surface area (Å²) in [6.07, 6.45) is 20.4. The second kappa shape index (κ2) is 12.2.